The first-order valence-electron chi connectivity index (χ1n) is 20.8. The van der Waals surface area contributed by atoms with Gasteiger partial charge in [0.1, 0.15) is 0 Å². The van der Waals surface area contributed by atoms with Gasteiger partial charge in [-0.3, -0.25) is 9.59 Å². The van der Waals surface area contributed by atoms with E-state index in [1.54, 1.807) is 14.2 Å². The summed E-state index contributed by atoms with van der Waals surface area (Å²) in [6.45, 7) is 5.18. The van der Waals surface area contributed by atoms with Gasteiger partial charge in [-0.1, -0.05) is 111 Å². The summed E-state index contributed by atoms with van der Waals surface area (Å²) in [5, 5.41) is 26.6. The van der Waals surface area contributed by atoms with Gasteiger partial charge >= 0.3 is 0 Å². The zero-order valence-corrected chi connectivity index (χ0v) is 33.7. The van der Waals surface area contributed by atoms with Crippen LogP contribution in [0.25, 0.3) is 10.8 Å². The van der Waals surface area contributed by atoms with Crippen LogP contribution in [-0.2, 0) is 17.8 Å². The number of rotatable bonds is 10. The zero-order valence-electron chi connectivity index (χ0n) is 33.7. The van der Waals surface area contributed by atoms with E-state index < -0.39 is 27.9 Å². The van der Waals surface area contributed by atoms with Gasteiger partial charge in [0.2, 0.25) is 5.91 Å². The van der Waals surface area contributed by atoms with Crippen LogP contribution in [0.1, 0.15) is 80.3 Å². The average Bonchev–Trinajstić information content (AvgIpc) is 3.50. The van der Waals surface area contributed by atoms with E-state index in [1.165, 1.54) is 0 Å². The van der Waals surface area contributed by atoms with Gasteiger partial charge in [-0.15, -0.1) is 0 Å². The SMILES string of the molecule is COc1ccc(CC(=O)N(Cc2cccc3ccccc23)CC2(O)CCC3C45C=CC6(C=C4C(=O)c4ccccc4)CC(O)CCC6(C)C5CCC32C)cc1OC. The lowest BCUT2D eigenvalue weighted by molar-refractivity contribution is -0.178. The maximum absolute atomic E-state index is 14.9. The highest BCUT2D eigenvalue weighted by Gasteiger charge is 2.74. The molecule has 2 bridgehead atoms. The number of carbonyl (C=O) groups is 2. The van der Waals surface area contributed by atoms with E-state index in [0.717, 1.165) is 59.6 Å². The van der Waals surface area contributed by atoms with Crippen LogP contribution in [0.5, 0.6) is 11.5 Å². The smallest absolute Gasteiger partial charge is 0.227 e. The number of amides is 1. The highest BCUT2D eigenvalue weighted by molar-refractivity contribution is 6.10. The Morgan fingerprint density at radius 3 is 2.28 bits per heavy atom. The lowest BCUT2D eigenvalue weighted by Gasteiger charge is -2.71. The number of carbonyl (C=O) groups excluding carboxylic acids is 2. The highest BCUT2D eigenvalue weighted by atomic mass is 16.5. The Morgan fingerprint density at radius 1 is 0.789 bits per heavy atom. The van der Waals surface area contributed by atoms with Gasteiger partial charge in [0.25, 0.3) is 0 Å². The molecule has 10 rings (SSSR count). The average molecular weight is 766 g/mol. The molecule has 57 heavy (non-hydrogen) atoms. The number of ether oxygens (including phenoxy) is 2. The van der Waals surface area contributed by atoms with Gasteiger partial charge < -0.3 is 24.6 Å². The van der Waals surface area contributed by atoms with E-state index in [1.807, 2.05) is 71.6 Å². The number of hydrogen-bond acceptors (Lipinski definition) is 6. The fourth-order valence-corrected chi connectivity index (χ4v) is 12.8. The number of aliphatic hydroxyl groups is 2. The number of Topliss-reactive ketones (excluding diaryl/α,β-unsaturated/α-hetero) is 1. The van der Waals surface area contributed by atoms with Crippen molar-refractivity contribution in [3.05, 3.63) is 131 Å². The molecule has 0 saturated heterocycles. The van der Waals surface area contributed by atoms with E-state index in [4.69, 9.17) is 9.47 Å². The van der Waals surface area contributed by atoms with Crippen LogP contribution < -0.4 is 9.47 Å². The normalized spacial score (nSPS) is 33.5. The van der Waals surface area contributed by atoms with Gasteiger partial charge in [0.05, 0.1) is 38.9 Å². The van der Waals surface area contributed by atoms with Crippen molar-refractivity contribution in [2.75, 3.05) is 20.8 Å². The van der Waals surface area contributed by atoms with E-state index in [-0.39, 0.29) is 41.9 Å². The molecule has 0 aromatic heterocycles. The topological polar surface area (TPSA) is 96.3 Å². The zero-order chi connectivity index (χ0) is 39.8. The van der Waals surface area contributed by atoms with E-state index in [9.17, 15) is 19.8 Å². The number of allylic oxidation sites excluding steroid dienone is 4. The molecule has 2 N–H and O–H groups in total. The third kappa shape index (κ3) is 5.59. The number of hydrogen-bond donors (Lipinski definition) is 2. The molecule has 7 heteroatoms. The van der Waals surface area contributed by atoms with E-state index in [0.29, 0.717) is 36.4 Å². The molecule has 8 atom stereocenters. The molecule has 0 heterocycles. The number of ketones is 1. The molecule has 2 spiro atoms. The molecular formula is C50H55NO6. The molecule has 4 aromatic rings. The van der Waals surface area contributed by atoms with Crippen molar-refractivity contribution in [1.82, 2.24) is 4.90 Å². The molecule has 6 aliphatic carbocycles. The fraction of sp³-hybridized carbons (Fsp3) is 0.440. The van der Waals surface area contributed by atoms with Crippen LogP contribution >= 0.6 is 0 Å². The Kier molecular flexibility index (Phi) is 9.09. The van der Waals surface area contributed by atoms with Crippen LogP contribution in [-0.4, -0.2) is 59.3 Å². The molecular weight excluding hydrogens is 711 g/mol. The number of benzene rings is 4. The number of aliphatic hydroxyl groups excluding tert-OH is 1. The predicted octanol–water partition coefficient (Wildman–Crippen LogP) is 8.90. The highest BCUT2D eigenvalue weighted by Crippen LogP contribution is 2.78. The fourth-order valence-electron chi connectivity index (χ4n) is 12.8. The van der Waals surface area contributed by atoms with Gasteiger partial charge in [-0.25, -0.2) is 0 Å². The Morgan fingerprint density at radius 2 is 1.49 bits per heavy atom. The van der Waals surface area contributed by atoms with Crippen LogP contribution in [0.4, 0.5) is 0 Å². The number of nitrogens with zero attached hydrogens (tertiary/aromatic N) is 1. The van der Waals surface area contributed by atoms with Gasteiger partial charge in [0, 0.05) is 33.9 Å². The first-order chi connectivity index (χ1) is 27.4. The summed E-state index contributed by atoms with van der Waals surface area (Å²) in [7, 11) is 3.19. The van der Waals surface area contributed by atoms with Crippen LogP contribution in [0, 0.1) is 33.5 Å². The lowest BCUT2D eigenvalue weighted by Crippen LogP contribution is -2.67. The van der Waals surface area contributed by atoms with Crippen molar-refractivity contribution in [2.45, 2.75) is 83.5 Å². The van der Waals surface area contributed by atoms with Crippen molar-refractivity contribution in [1.29, 1.82) is 0 Å². The van der Waals surface area contributed by atoms with Gasteiger partial charge in [0.15, 0.2) is 17.3 Å². The maximum Gasteiger partial charge on any atom is 0.227 e. The second-order valence-electron chi connectivity index (χ2n) is 18.3. The van der Waals surface area contributed by atoms with Crippen LogP contribution in [0.2, 0.25) is 0 Å². The Hall–Kier alpha value is -4.72. The molecule has 4 aromatic carbocycles. The van der Waals surface area contributed by atoms with Crippen molar-refractivity contribution < 1.29 is 29.3 Å². The summed E-state index contributed by atoms with van der Waals surface area (Å²) in [5.74, 6) is 1.31. The molecule has 3 saturated carbocycles. The predicted molar refractivity (Wildman–Crippen MR) is 222 cm³/mol. The summed E-state index contributed by atoms with van der Waals surface area (Å²) < 4.78 is 11.1. The quantitative estimate of drug-likeness (QED) is 0.124. The summed E-state index contributed by atoms with van der Waals surface area (Å²) in [4.78, 5) is 31.5. The number of fused-ring (bicyclic) bond motifs is 2. The van der Waals surface area contributed by atoms with E-state index in [2.05, 4.69) is 56.3 Å². The van der Waals surface area contributed by atoms with Crippen molar-refractivity contribution in [3.8, 4) is 11.5 Å². The minimum absolute atomic E-state index is 0.0220. The second-order valence-corrected chi connectivity index (χ2v) is 18.3. The largest absolute Gasteiger partial charge is 0.493 e. The van der Waals surface area contributed by atoms with Crippen LogP contribution in [0.15, 0.2) is 115 Å². The Balaban J connectivity index is 1.11. The lowest BCUT2D eigenvalue weighted by atomic mass is 9.32. The molecule has 3 fully saturated rings. The second kappa shape index (κ2) is 13.7. The third-order valence-electron chi connectivity index (χ3n) is 15.8. The van der Waals surface area contributed by atoms with Gasteiger partial charge in [-0.2, -0.15) is 0 Å². The molecule has 1 amide bonds. The first-order valence-corrected chi connectivity index (χ1v) is 20.8. The van der Waals surface area contributed by atoms with Crippen molar-refractivity contribution in [3.63, 3.8) is 0 Å². The monoisotopic (exact) mass is 765 g/mol. The summed E-state index contributed by atoms with van der Waals surface area (Å²) >= 11 is 0. The Labute approximate surface area is 336 Å². The molecule has 0 aliphatic heterocycles. The molecule has 0 radical (unpaired) electrons. The van der Waals surface area contributed by atoms with Crippen molar-refractivity contribution in [2.24, 2.45) is 33.5 Å². The summed E-state index contributed by atoms with van der Waals surface area (Å²) in [6.07, 6.45) is 11.9. The first kappa shape index (κ1) is 37.8. The molecule has 6 aliphatic rings. The Bertz CT molecular complexity index is 2300. The molecule has 7 nitrogen and oxygen atoms in total. The minimum atomic E-state index is -1.21. The van der Waals surface area contributed by atoms with Gasteiger partial charge in [-0.05, 0) is 96.2 Å². The maximum atomic E-state index is 14.9. The third-order valence-corrected chi connectivity index (χ3v) is 15.8. The van der Waals surface area contributed by atoms with Crippen LogP contribution in [0.3, 0.4) is 0 Å². The molecule has 8 unspecified atom stereocenters. The van der Waals surface area contributed by atoms with E-state index >= 15 is 0 Å². The minimum Gasteiger partial charge on any atom is -0.493 e. The molecule has 296 valence electrons. The number of methoxy groups -OCH3 is 2. The summed E-state index contributed by atoms with van der Waals surface area (Å²) in [5.41, 5.74) is 0.453. The van der Waals surface area contributed by atoms with Crippen molar-refractivity contribution >= 4 is 22.5 Å². The standard InChI is InChI=1S/C50H55NO6/c1-46-22-19-37(52)29-48(46)25-26-50(39(30-48)45(54)35-12-6-5-7-13-35)42(46)20-23-47(2)43(50)21-24-49(47,55)32-51(31-36-15-10-14-34-11-8-9-16-38(34)36)44(53)28-33-17-18-40(56-3)41(27-33)57-4/h5-18,25-27,30,37,42-43,52,55H,19-24,28-29,31-32H2,1-4H3. The summed E-state index contributed by atoms with van der Waals surface area (Å²) in [6, 6.07) is 29.7.